The van der Waals surface area contributed by atoms with Gasteiger partial charge in [0.15, 0.2) is 0 Å². The highest BCUT2D eigenvalue weighted by Gasteiger charge is 2.08. The minimum atomic E-state index is -0.945. The lowest BCUT2D eigenvalue weighted by Gasteiger charge is -2.16. The zero-order chi connectivity index (χ0) is 24.8. The number of carboxylic acid groups (broad SMARTS) is 2. The second-order valence-electron chi connectivity index (χ2n) is 8.05. The van der Waals surface area contributed by atoms with Crippen molar-refractivity contribution < 1.29 is 29.3 Å². The third-order valence-electron chi connectivity index (χ3n) is 5.46. The van der Waals surface area contributed by atoms with E-state index in [-0.39, 0.29) is 17.2 Å². The van der Waals surface area contributed by atoms with Crippen LogP contribution in [0.15, 0.2) is 97.1 Å². The molecule has 0 saturated heterocycles. The molecule has 4 aromatic rings. The number of hydrogen-bond donors (Lipinski definition) is 2. The summed E-state index contributed by atoms with van der Waals surface area (Å²) in [4.78, 5) is 22.0. The Morgan fingerprint density at radius 2 is 0.943 bits per heavy atom. The van der Waals surface area contributed by atoms with Crippen LogP contribution in [0.1, 0.15) is 27.6 Å². The van der Waals surface area contributed by atoms with Crippen LogP contribution < -0.4 is 9.47 Å². The highest BCUT2D eigenvalue weighted by Crippen LogP contribution is 2.25. The van der Waals surface area contributed by atoms with Crippen molar-refractivity contribution in [2.24, 2.45) is 0 Å². The summed E-state index contributed by atoms with van der Waals surface area (Å²) in [6.45, 7) is 2.29. The Morgan fingerprint density at radius 1 is 0.600 bits per heavy atom. The first-order chi connectivity index (χ1) is 16.9. The third kappa shape index (κ3) is 6.06. The molecule has 6 heteroatoms. The van der Waals surface area contributed by atoms with Gasteiger partial charge >= 0.3 is 11.9 Å². The molecule has 35 heavy (non-hydrogen) atoms. The van der Waals surface area contributed by atoms with Crippen LogP contribution in [-0.2, 0) is 0 Å². The average Bonchev–Trinajstić information content (AvgIpc) is 2.88. The molecule has 0 saturated carbocycles. The standard InChI is InChI=1S/C29H24O6/c1-19(35-27-16-12-23(13-17-27)21-4-8-25(9-5-21)29(32)33)18-34-26-14-10-22(11-15-26)20-2-6-24(7-3-20)28(30)31/h2-17,19H,18H2,1H3,(H,30,31)(H,32,33). The van der Waals surface area contributed by atoms with Crippen molar-refractivity contribution in [3.05, 3.63) is 108 Å². The van der Waals surface area contributed by atoms with Crippen molar-refractivity contribution >= 4 is 11.9 Å². The molecular weight excluding hydrogens is 444 g/mol. The summed E-state index contributed by atoms with van der Waals surface area (Å²) in [5, 5.41) is 18.0. The maximum absolute atomic E-state index is 11.0. The summed E-state index contributed by atoms with van der Waals surface area (Å²) in [5.74, 6) is -0.460. The molecule has 0 radical (unpaired) electrons. The normalized spacial score (nSPS) is 11.5. The van der Waals surface area contributed by atoms with E-state index in [4.69, 9.17) is 19.7 Å². The zero-order valence-electron chi connectivity index (χ0n) is 19.0. The van der Waals surface area contributed by atoms with Gasteiger partial charge in [-0.15, -0.1) is 0 Å². The fourth-order valence-electron chi connectivity index (χ4n) is 3.56. The molecule has 0 aliphatic carbocycles. The van der Waals surface area contributed by atoms with Gasteiger partial charge in [0.2, 0.25) is 0 Å². The Balaban J connectivity index is 1.29. The second kappa shape index (κ2) is 10.6. The quantitative estimate of drug-likeness (QED) is 0.301. The van der Waals surface area contributed by atoms with E-state index in [1.165, 1.54) is 0 Å². The summed E-state index contributed by atoms with van der Waals surface area (Å²) >= 11 is 0. The second-order valence-corrected chi connectivity index (χ2v) is 8.05. The van der Waals surface area contributed by atoms with Crippen LogP contribution in [0.4, 0.5) is 0 Å². The average molecular weight is 469 g/mol. The van der Waals surface area contributed by atoms with E-state index in [2.05, 4.69) is 0 Å². The third-order valence-corrected chi connectivity index (χ3v) is 5.46. The van der Waals surface area contributed by atoms with Crippen LogP contribution in [0.5, 0.6) is 11.5 Å². The summed E-state index contributed by atoms with van der Waals surface area (Å²) in [6, 6.07) is 28.7. The lowest BCUT2D eigenvalue weighted by atomic mass is 10.0. The van der Waals surface area contributed by atoms with Crippen LogP contribution in [0, 0.1) is 0 Å². The molecule has 4 aromatic carbocycles. The Labute approximate surface area is 203 Å². The highest BCUT2D eigenvalue weighted by molar-refractivity contribution is 5.88. The molecule has 0 aliphatic rings. The van der Waals surface area contributed by atoms with Crippen LogP contribution in [0.3, 0.4) is 0 Å². The molecule has 0 aromatic heterocycles. The predicted octanol–water partition coefficient (Wildman–Crippen LogP) is 6.26. The maximum atomic E-state index is 11.0. The van der Waals surface area contributed by atoms with Gasteiger partial charge in [-0.1, -0.05) is 48.5 Å². The molecule has 0 aliphatic heterocycles. The van der Waals surface area contributed by atoms with Gasteiger partial charge in [0.1, 0.15) is 24.2 Å². The molecule has 1 unspecified atom stereocenters. The molecule has 0 amide bonds. The number of hydrogen-bond acceptors (Lipinski definition) is 4. The van der Waals surface area contributed by atoms with E-state index in [1.54, 1.807) is 48.5 Å². The highest BCUT2D eigenvalue weighted by atomic mass is 16.5. The van der Waals surface area contributed by atoms with Crippen LogP contribution in [0.25, 0.3) is 22.3 Å². The first-order valence-corrected chi connectivity index (χ1v) is 11.1. The van der Waals surface area contributed by atoms with Crippen molar-refractivity contribution in [1.29, 1.82) is 0 Å². The molecule has 0 fully saturated rings. The Hall–Kier alpha value is -4.58. The van der Waals surface area contributed by atoms with Crippen LogP contribution in [0.2, 0.25) is 0 Å². The molecule has 0 bridgehead atoms. The minimum absolute atomic E-state index is 0.182. The van der Waals surface area contributed by atoms with Gasteiger partial charge < -0.3 is 19.7 Å². The summed E-state index contributed by atoms with van der Waals surface area (Å²) in [5.41, 5.74) is 4.31. The van der Waals surface area contributed by atoms with Crippen molar-refractivity contribution in [3.63, 3.8) is 0 Å². The van der Waals surface area contributed by atoms with Crippen molar-refractivity contribution in [1.82, 2.24) is 0 Å². The first-order valence-electron chi connectivity index (χ1n) is 11.1. The fourth-order valence-corrected chi connectivity index (χ4v) is 3.56. The van der Waals surface area contributed by atoms with Gasteiger partial charge in [0, 0.05) is 0 Å². The van der Waals surface area contributed by atoms with Crippen molar-refractivity contribution in [2.45, 2.75) is 13.0 Å². The monoisotopic (exact) mass is 468 g/mol. The predicted molar refractivity (Wildman–Crippen MR) is 133 cm³/mol. The number of carbonyl (C=O) groups is 2. The fraction of sp³-hybridized carbons (Fsp3) is 0.103. The van der Waals surface area contributed by atoms with E-state index in [0.717, 1.165) is 22.3 Å². The topological polar surface area (TPSA) is 93.1 Å². The van der Waals surface area contributed by atoms with E-state index in [9.17, 15) is 9.59 Å². The van der Waals surface area contributed by atoms with Crippen LogP contribution >= 0.6 is 0 Å². The molecule has 176 valence electrons. The van der Waals surface area contributed by atoms with Gasteiger partial charge in [-0.25, -0.2) is 9.59 Å². The largest absolute Gasteiger partial charge is 0.490 e. The number of ether oxygens (including phenoxy) is 2. The number of aromatic carboxylic acids is 2. The van der Waals surface area contributed by atoms with Gasteiger partial charge in [-0.2, -0.15) is 0 Å². The van der Waals surface area contributed by atoms with Crippen molar-refractivity contribution in [2.75, 3.05) is 6.61 Å². The molecular formula is C29H24O6. The molecule has 0 heterocycles. The first kappa shape index (κ1) is 23.6. The summed E-state index contributed by atoms with van der Waals surface area (Å²) in [6.07, 6.45) is -0.182. The lowest BCUT2D eigenvalue weighted by molar-refractivity contribution is 0.0686. The number of benzene rings is 4. The van der Waals surface area contributed by atoms with E-state index in [1.807, 2.05) is 55.5 Å². The van der Waals surface area contributed by atoms with Gasteiger partial charge in [0.25, 0.3) is 0 Å². The lowest BCUT2D eigenvalue weighted by Crippen LogP contribution is -2.21. The number of carboxylic acids is 2. The molecule has 0 spiro atoms. The van der Waals surface area contributed by atoms with Crippen LogP contribution in [-0.4, -0.2) is 34.9 Å². The Bertz CT molecular complexity index is 1290. The van der Waals surface area contributed by atoms with E-state index in [0.29, 0.717) is 18.1 Å². The minimum Gasteiger partial charge on any atom is -0.490 e. The van der Waals surface area contributed by atoms with Gasteiger partial charge in [-0.05, 0) is 77.7 Å². The number of rotatable bonds is 9. The zero-order valence-corrected chi connectivity index (χ0v) is 19.0. The molecule has 1 atom stereocenters. The van der Waals surface area contributed by atoms with Gasteiger partial charge in [-0.3, -0.25) is 0 Å². The Kier molecular flexibility index (Phi) is 7.12. The van der Waals surface area contributed by atoms with E-state index < -0.39 is 11.9 Å². The molecule has 2 N–H and O–H groups in total. The van der Waals surface area contributed by atoms with E-state index >= 15 is 0 Å². The summed E-state index contributed by atoms with van der Waals surface area (Å²) in [7, 11) is 0. The van der Waals surface area contributed by atoms with Gasteiger partial charge in [0.05, 0.1) is 11.1 Å². The maximum Gasteiger partial charge on any atom is 0.335 e. The SMILES string of the molecule is CC(COc1ccc(-c2ccc(C(=O)O)cc2)cc1)Oc1ccc(-c2ccc(C(=O)O)cc2)cc1. The Morgan fingerprint density at radius 3 is 1.31 bits per heavy atom. The summed E-state index contributed by atoms with van der Waals surface area (Å²) < 4.78 is 11.8. The molecule has 6 nitrogen and oxygen atoms in total. The van der Waals surface area contributed by atoms with Crippen molar-refractivity contribution in [3.8, 4) is 33.8 Å². The smallest absolute Gasteiger partial charge is 0.335 e. The molecule has 4 rings (SSSR count).